The second kappa shape index (κ2) is 5.31. The van der Waals surface area contributed by atoms with E-state index in [1.807, 2.05) is 0 Å². The standard InChI is InChI=1S/C11H12F2N6O3/c1-6-9(16-22-15-6)10(20)17-2-3-18-8(5-17)14-19(11(18)21)4-7(12)13/h7H,2-5H2,1H3. The third-order valence-electron chi connectivity index (χ3n) is 3.38. The summed E-state index contributed by atoms with van der Waals surface area (Å²) in [6.07, 6.45) is -2.67. The summed E-state index contributed by atoms with van der Waals surface area (Å²) in [5.74, 6) is -0.139. The first-order valence-electron chi connectivity index (χ1n) is 6.50. The minimum atomic E-state index is -2.67. The van der Waals surface area contributed by atoms with E-state index in [4.69, 9.17) is 0 Å². The highest BCUT2D eigenvalue weighted by molar-refractivity contribution is 5.93. The molecule has 3 heterocycles. The number of rotatable bonds is 3. The van der Waals surface area contributed by atoms with Crippen LogP contribution in [-0.4, -0.2) is 48.4 Å². The normalized spacial score (nSPS) is 14.5. The quantitative estimate of drug-likeness (QED) is 0.768. The Bertz CT molecular complexity index is 764. The van der Waals surface area contributed by atoms with Crippen molar-refractivity contribution < 1.29 is 18.2 Å². The van der Waals surface area contributed by atoms with Gasteiger partial charge in [-0.15, -0.1) is 0 Å². The molecule has 0 bridgehead atoms. The van der Waals surface area contributed by atoms with Crippen molar-refractivity contribution in [3.8, 4) is 0 Å². The summed E-state index contributed by atoms with van der Waals surface area (Å²) in [6.45, 7) is 1.29. The van der Waals surface area contributed by atoms with E-state index in [2.05, 4.69) is 20.0 Å². The van der Waals surface area contributed by atoms with Crippen LogP contribution in [0.4, 0.5) is 8.78 Å². The van der Waals surface area contributed by atoms with Crippen molar-refractivity contribution in [2.45, 2.75) is 33.0 Å². The molecule has 118 valence electrons. The van der Waals surface area contributed by atoms with Crippen LogP contribution in [0.25, 0.3) is 0 Å². The summed E-state index contributed by atoms with van der Waals surface area (Å²) >= 11 is 0. The van der Waals surface area contributed by atoms with Crippen LogP contribution in [0.5, 0.6) is 0 Å². The second-order valence-corrected chi connectivity index (χ2v) is 4.85. The molecule has 0 aliphatic carbocycles. The first kappa shape index (κ1) is 14.4. The molecule has 0 saturated carbocycles. The molecule has 0 unspecified atom stereocenters. The number of carbonyl (C=O) groups is 1. The third-order valence-corrected chi connectivity index (χ3v) is 3.38. The molecule has 0 spiro atoms. The summed E-state index contributed by atoms with van der Waals surface area (Å²) in [5, 5.41) is 10.9. The minimum absolute atomic E-state index is 0.0383. The predicted molar refractivity (Wildman–Crippen MR) is 66.3 cm³/mol. The Morgan fingerprint density at radius 2 is 2.14 bits per heavy atom. The molecule has 11 heteroatoms. The van der Waals surface area contributed by atoms with E-state index in [-0.39, 0.29) is 31.2 Å². The number of carbonyl (C=O) groups excluding carboxylic acids is 1. The van der Waals surface area contributed by atoms with Gasteiger partial charge in [-0.3, -0.25) is 9.36 Å². The SMILES string of the molecule is Cc1nonc1C(=O)N1CCn2c(nn(CC(F)F)c2=O)C1. The molecule has 1 aliphatic heterocycles. The van der Waals surface area contributed by atoms with Crippen LogP contribution in [-0.2, 0) is 19.6 Å². The molecule has 0 aromatic carbocycles. The zero-order valence-corrected chi connectivity index (χ0v) is 11.6. The summed E-state index contributed by atoms with van der Waals surface area (Å²) in [6, 6.07) is 0. The molecule has 0 saturated heterocycles. The van der Waals surface area contributed by atoms with Crippen LogP contribution in [0.2, 0.25) is 0 Å². The Morgan fingerprint density at radius 1 is 1.36 bits per heavy atom. The second-order valence-electron chi connectivity index (χ2n) is 4.85. The maximum absolute atomic E-state index is 12.4. The number of amides is 1. The average Bonchev–Trinajstić information content (AvgIpc) is 3.02. The van der Waals surface area contributed by atoms with E-state index in [1.54, 1.807) is 6.92 Å². The van der Waals surface area contributed by atoms with Crippen molar-refractivity contribution in [1.82, 2.24) is 29.6 Å². The van der Waals surface area contributed by atoms with Crippen molar-refractivity contribution in [2.24, 2.45) is 0 Å². The van der Waals surface area contributed by atoms with E-state index in [1.165, 1.54) is 9.47 Å². The van der Waals surface area contributed by atoms with Gasteiger partial charge in [0.2, 0.25) is 0 Å². The lowest BCUT2D eigenvalue weighted by Gasteiger charge is -2.25. The maximum Gasteiger partial charge on any atom is 0.346 e. The first-order valence-corrected chi connectivity index (χ1v) is 6.50. The number of fused-ring (bicyclic) bond motifs is 1. The first-order chi connectivity index (χ1) is 10.5. The zero-order chi connectivity index (χ0) is 15.9. The van der Waals surface area contributed by atoms with Crippen molar-refractivity contribution in [2.75, 3.05) is 6.54 Å². The topological polar surface area (TPSA) is 99.0 Å². The summed E-state index contributed by atoms with van der Waals surface area (Å²) < 4.78 is 31.3. The zero-order valence-electron chi connectivity index (χ0n) is 11.6. The molecule has 0 atom stereocenters. The predicted octanol–water partition coefficient (Wildman–Crippen LogP) is -0.343. The Balaban J connectivity index is 1.84. The smallest absolute Gasteiger partial charge is 0.328 e. The van der Waals surface area contributed by atoms with Gasteiger partial charge in [-0.1, -0.05) is 5.16 Å². The molecule has 2 aromatic heterocycles. The van der Waals surface area contributed by atoms with Gasteiger partial charge >= 0.3 is 5.69 Å². The summed E-state index contributed by atoms with van der Waals surface area (Å²) in [4.78, 5) is 25.6. The molecule has 1 aliphatic rings. The highest BCUT2D eigenvalue weighted by Gasteiger charge is 2.28. The van der Waals surface area contributed by atoms with Gasteiger partial charge in [0.1, 0.15) is 12.2 Å². The van der Waals surface area contributed by atoms with E-state index in [0.717, 1.165) is 4.68 Å². The molecular formula is C11H12F2N6O3. The molecular weight excluding hydrogens is 302 g/mol. The van der Waals surface area contributed by atoms with Gasteiger partial charge in [-0.25, -0.2) is 22.9 Å². The molecule has 0 radical (unpaired) electrons. The lowest BCUT2D eigenvalue weighted by molar-refractivity contribution is 0.0694. The van der Waals surface area contributed by atoms with Gasteiger partial charge in [0, 0.05) is 13.1 Å². The van der Waals surface area contributed by atoms with Gasteiger partial charge in [0.25, 0.3) is 12.3 Å². The van der Waals surface area contributed by atoms with Crippen molar-refractivity contribution >= 4 is 5.91 Å². The van der Waals surface area contributed by atoms with Crippen LogP contribution < -0.4 is 5.69 Å². The van der Waals surface area contributed by atoms with Gasteiger partial charge < -0.3 is 4.90 Å². The molecule has 2 aromatic rings. The highest BCUT2D eigenvalue weighted by atomic mass is 19.3. The average molecular weight is 314 g/mol. The molecule has 0 N–H and O–H groups in total. The fraction of sp³-hybridized carbons (Fsp3) is 0.545. The Hall–Kier alpha value is -2.59. The van der Waals surface area contributed by atoms with Crippen LogP contribution in [0.15, 0.2) is 9.42 Å². The number of nitrogens with zero attached hydrogens (tertiary/aromatic N) is 6. The minimum Gasteiger partial charge on any atom is -0.328 e. The molecule has 1 amide bonds. The largest absolute Gasteiger partial charge is 0.346 e. The van der Waals surface area contributed by atoms with E-state index in [0.29, 0.717) is 5.69 Å². The van der Waals surface area contributed by atoms with Crippen LogP contribution in [0.1, 0.15) is 22.0 Å². The number of halogens is 2. The van der Waals surface area contributed by atoms with Crippen molar-refractivity contribution in [3.63, 3.8) is 0 Å². The van der Waals surface area contributed by atoms with E-state index < -0.39 is 24.6 Å². The summed E-state index contributed by atoms with van der Waals surface area (Å²) in [7, 11) is 0. The van der Waals surface area contributed by atoms with Crippen molar-refractivity contribution in [1.29, 1.82) is 0 Å². The van der Waals surface area contributed by atoms with Crippen LogP contribution in [0, 0.1) is 6.92 Å². The molecule has 9 nitrogen and oxygen atoms in total. The highest BCUT2D eigenvalue weighted by Crippen LogP contribution is 2.13. The number of aromatic nitrogens is 5. The molecule has 0 fully saturated rings. The van der Waals surface area contributed by atoms with E-state index in [9.17, 15) is 18.4 Å². The van der Waals surface area contributed by atoms with E-state index >= 15 is 0 Å². The third kappa shape index (κ3) is 2.38. The Morgan fingerprint density at radius 3 is 2.77 bits per heavy atom. The molecule has 3 rings (SSSR count). The van der Waals surface area contributed by atoms with Crippen LogP contribution >= 0.6 is 0 Å². The summed E-state index contributed by atoms with van der Waals surface area (Å²) in [5.41, 5.74) is -0.152. The number of hydrogen-bond acceptors (Lipinski definition) is 6. The lowest BCUT2D eigenvalue weighted by atomic mass is 10.2. The van der Waals surface area contributed by atoms with Gasteiger partial charge in [-0.05, 0) is 12.1 Å². The lowest BCUT2D eigenvalue weighted by Crippen LogP contribution is -2.41. The van der Waals surface area contributed by atoms with Gasteiger partial charge in [0.15, 0.2) is 11.5 Å². The fourth-order valence-electron chi connectivity index (χ4n) is 2.30. The Kier molecular flexibility index (Phi) is 3.47. The Labute approximate surface area is 122 Å². The van der Waals surface area contributed by atoms with Crippen LogP contribution in [0.3, 0.4) is 0 Å². The molecule has 22 heavy (non-hydrogen) atoms. The van der Waals surface area contributed by atoms with Gasteiger partial charge in [0.05, 0.1) is 6.54 Å². The van der Waals surface area contributed by atoms with Gasteiger partial charge in [-0.2, -0.15) is 5.10 Å². The maximum atomic E-state index is 12.4. The number of hydrogen-bond donors (Lipinski definition) is 0. The van der Waals surface area contributed by atoms with Crippen molar-refractivity contribution in [3.05, 3.63) is 27.7 Å². The fourth-order valence-corrected chi connectivity index (χ4v) is 2.30. The number of alkyl halides is 2. The monoisotopic (exact) mass is 314 g/mol. The number of aryl methyl sites for hydroxylation is 1.